The molecule has 1 fully saturated rings. The maximum atomic E-state index is 11.7. The molecule has 1 aromatic rings. The second kappa shape index (κ2) is 7.56. The molecule has 0 radical (unpaired) electrons. The summed E-state index contributed by atoms with van der Waals surface area (Å²) in [6.45, 7) is 5.83. The van der Waals surface area contributed by atoms with Crippen molar-refractivity contribution in [1.82, 2.24) is 20.1 Å². The average molecular weight is 342 g/mol. The molecule has 1 aliphatic heterocycles. The number of amides is 2. The van der Waals surface area contributed by atoms with E-state index in [-0.39, 0.29) is 6.03 Å². The number of piperazine rings is 1. The number of likely N-dealkylation sites (N-methyl/N-ethyl adjacent to an activating group) is 1. The third kappa shape index (κ3) is 5.07. The molecular formula is C13H20BrN5O. The molecule has 0 aliphatic carbocycles. The fraction of sp³-hybridized carbons (Fsp3) is 0.538. The number of carbonyl (C=O) groups excluding carboxylic acids is 1. The van der Waals surface area contributed by atoms with Gasteiger partial charge in [-0.2, -0.15) is 0 Å². The van der Waals surface area contributed by atoms with E-state index in [4.69, 9.17) is 0 Å². The largest absolute Gasteiger partial charge is 0.337 e. The standard InChI is InChI=1S/C13H20BrN5O/c1-18-6-8-19(9-7-18)5-4-16-13(20)17-12-10-11(14)2-3-15-12/h2-3,10H,4-9H2,1H3,(H2,15,16,17,20). The van der Waals surface area contributed by atoms with Gasteiger partial charge in [0, 0.05) is 49.9 Å². The molecule has 2 amide bonds. The Hall–Kier alpha value is -1.18. The normalized spacial score (nSPS) is 16.9. The highest BCUT2D eigenvalue weighted by Crippen LogP contribution is 2.12. The Labute approximate surface area is 127 Å². The van der Waals surface area contributed by atoms with E-state index in [9.17, 15) is 4.79 Å². The summed E-state index contributed by atoms with van der Waals surface area (Å²) in [6, 6.07) is 3.36. The minimum Gasteiger partial charge on any atom is -0.337 e. The van der Waals surface area contributed by atoms with Crippen molar-refractivity contribution >= 4 is 27.8 Å². The highest BCUT2D eigenvalue weighted by Gasteiger charge is 2.13. The van der Waals surface area contributed by atoms with Crippen molar-refractivity contribution in [3.05, 3.63) is 22.8 Å². The van der Waals surface area contributed by atoms with Gasteiger partial charge in [-0.15, -0.1) is 0 Å². The Morgan fingerprint density at radius 3 is 2.85 bits per heavy atom. The van der Waals surface area contributed by atoms with Gasteiger partial charge in [0.25, 0.3) is 0 Å². The summed E-state index contributed by atoms with van der Waals surface area (Å²) in [4.78, 5) is 20.5. The van der Waals surface area contributed by atoms with Crippen LogP contribution in [0.4, 0.5) is 10.6 Å². The van der Waals surface area contributed by atoms with E-state index in [0.717, 1.165) is 37.2 Å². The topological polar surface area (TPSA) is 60.5 Å². The van der Waals surface area contributed by atoms with Crippen LogP contribution in [0.5, 0.6) is 0 Å². The number of nitrogens with zero attached hydrogens (tertiary/aromatic N) is 3. The first-order valence-corrected chi connectivity index (χ1v) is 7.50. The zero-order chi connectivity index (χ0) is 14.4. The van der Waals surface area contributed by atoms with Gasteiger partial charge in [0.2, 0.25) is 0 Å². The third-order valence-corrected chi connectivity index (χ3v) is 3.77. The smallest absolute Gasteiger partial charge is 0.320 e. The summed E-state index contributed by atoms with van der Waals surface area (Å²) in [7, 11) is 2.13. The van der Waals surface area contributed by atoms with Crippen LogP contribution >= 0.6 is 15.9 Å². The van der Waals surface area contributed by atoms with Gasteiger partial charge in [-0.3, -0.25) is 10.2 Å². The van der Waals surface area contributed by atoms with Crippen LogP contribution < -0.4 is 10.6 Å². The highest BCUT2D eigenvalue weighted by atomic mass is 79.9. The molecule has 0 bridgehead atoms. The molecule has 0 unspecified atom stereocenters. The van der Waals surface area contributed by atoms with Crippen molar-refractivity contribution in [2.45, 2.75) is 0 Å². The van der Waals surface area contributed by atoms with Crippen LogP contribution in [-0.2, 0) is 0 Å². The fourth-order valence-corrected chi connectivity index (χ4v) is 2.37. The van der Waals surface area contributed by atoms with Gasteiger partial charge < -0.3 is 10.2 Å². The van der Waals surface area contributed by atoms with Crippen LogP contribution in [0, 0.1) is 0 Å². The lowest BCUT2D eigenvalue weighted by Gasteiger charge is -2.32. The number of aromatic nitrogens is 1. The monoisotopic (exact) mass is 341 g/mol. The first-order chi connectivity index (χ1) is 9.63. The average Bonchev–Trinajstić information content (AvgIpc) is 2.41. The number of hydrogen-bond acceptors (Lipinski definition) is 4. The molecule has 20 heavy (non-hydrogen) atoms. The minimum atomic E-state index is -0.218. The molecule has 6 nitrogen and oxygen atoms in total. The lowest BCUT2D eigenvalue weighted by atomic mass is 10.3. The summed E-state index contributed by atoms with van der Waals surface area (Å²) in [5.74, 6) is 0.538. The molecular weight excluding hydrogens is 322 g/mol. The maximum Gasteiger partial charge on any atom is 0.320 e. The van der Waals surface area contributed by atoms with Gasteiger partial charge in [-0.25, -0.2) is 9.78 Å². The van der Waals surface area contributed by atoms with Crippen molar-refractivity contribution < 1.29 is 4.79 Å². The van der Waals surface area contributed by atoms with Gasteiger partial charge in [0.15, 0.2) is 0 Å². The lowest BCUT2D eigenvalue weighted by molar-refractivity contribution is 0.155. The number of anilines is 1. The number of urea groups is 1. The molecule has 0 saturated carbocycles. The van der Waals surface area contributed by atoms with E-state index in [2.05, 4.69) is 48.4 Å². The fourth-order valence-electron chi connectivity index (χ4n) is 2.03. The third-order valence-electron chi connectivity index (χ3n) is 3.27. The second-order valence-electron chi connectivity index (χ2n) is 4.89. The number of hydrogen-bond donors (Lipinski definition) is 2. The second-order valence-corrected chi connectivity index (χ2v) is 5.80. The Morgan fingerprint density at radius 2 is 2.15 bits per heavy atom. The maximum absolute atomic E-state index is 11.7. The van der Waals surface area contributed by atoms with Crippen LogP contribution in [0.1, 0.15) is 0 Å². The summed E-state index contributed by atoms with van der Waals surface area (Å²) < 4.78 is 0.889. The summed E-state index contributed by atoms with van der Waals surface area (Å²) in [5, 5.41) is 5.56. The van der Waals surface area contributed by atoms with Crippen molar-refractivity contribution in [1.29, 1.82) is 0 Å². The van der Waals surface area contributed by atoms with E-state index < -0.39 is 0 Å². The Balaban J connectivity index is 1.65. The summed E-state index contributed by atoms with van der Waals surface area (Å²) in [6.07, 6.45) is 1.64. The molecule has 0 aromatic carbocycles. The Kier molecular flexibility index (Phi) is 5.75. The van der Waals surface area contributed by atoms with Crippen molar-refractivity contribution in [2.75, 3.05) is 51.6 Å². The number of nitrogens with one attached hydrogen (secondary N) is 2. The molecule has 2 rings (SSSR count). The predicted molar refractivity (Wildman–Crippen MR) is 82.9 cm³/mol. The lowest BCUT2D eigenvalue weighted by Crippen LogP contribution is -2.47. The van der Waals surface area contributed by atoms with E-state index in [1.807, 2.05) is 6.07 Å². The number of pyridine rings is 1. The quantitative estimate of drug-likeness (QED) is 0.864. The van der Waals surface area contributed by atoms with Crippen molar-refractivity contribution in [2.24, 2.45) is 0 Å². The Bertz CT molecular complexity index is 448. The summed E-state index contributed by atoms with van der Waals surface area (Å²) >= 11 is 3.34. The number of rotatable bonds is 4. The molecule has 2 N–H and O–H groups in total. The molecule has 7 heteroatoms. The zero-order valence-electron chi connectivity index (χ0n) is 11.6. The Morgan fingerprint density at radius 1 is 1.40 bits per heavy atom. The SMILES string of the molecule is CN1CCN(CCNC(=O)Nc2cc(Br)ccn2)CC1. The van der Waals surface area contributed by atoms with Crippen LogP contribution in [0.3, 0.4) is 0 Å². The molecule has 1 saturated heterocycles. The van der Waals surface area contributed by atoms with Crippen molar-refractivity contribution in [3.63, 3.8) is 0 Å². The molecule has 110 valence electrons. The van der Waals surface area contributed by atoms with Gasteiger partial charge in [-0.05, 0) is 19.2 Å². The zero-order valence-corrected chi connectivity index (χ0v) is 13.2. The van der Waals surface area contributed by atoms with Crippen molar-refractivity contribution in [3.8, 4) is 0 Å². The van der Waals surface area contributed by atoms with Gasteiger partial charge in [0.05, 0.1) is 0 Å². The highest BCUT2D eigenvalue weighted by molar-refractivity contribution is 9.10. The first-order valence-electron chi connectivity index (χ1n) is 6.71. The van der Waals surface area contributed by atoms with Gasteiger partial charge in [0.1, 0.15) is 5.82 Å². The van der Waals surface area contributed by atoms with Crippen LogP contribution in [0.15, 0.2) is 22.8 Å². The summed E-state index contributed by atoms with van der Waals surface area (Å²) in [5.41, 5.74) is 0. The van der Waals surface area contributed by atoms with Gasteiger partial charge in [-0.1, -0.05) is 15.9 Å². The molecule has 1 aliphatic rings. The number of halogens is 1. The van der Waals surface area contributed by atoms with Crippen LogP contribution in [-0.4, -0.2) is 67.1 Å². The van der Waals surface area contributed by atoms with E-state index in [1.165, 1.54) is 0 Å². The first kappa shape index (κ1) is 15.2. The molecule has 0 atom stereocenters. The molecule has 2 heterocycles. The molecule has 0 spiro atoms. The van der Waals surface area contributed by atoms with E-state index >= 15 is 0 Å². The predicted octanol–water partition coefficient (Wildman–Crippen LogP) is 1.21. The van der Waals surface area contributed by atoms with Crippen LogP contribution in [0.25, 0.3) is 0 Å². The van der Waals surface area contributed by atoms with E-state index in [1.54, 1.807) is 12.3 Å². The minimum absolute atomic E-state index is 0.218. The number of carbonyl (C=O) groups is 1. The van der Waals surface area contributed by atoms with Gasteiger partial charge >= 0.3 is 6.03 Å². The van der Waals surface area contributed by atoms with Crippen LogP contribution in [0.2, 0.25) is 0 Å². The molecule has 1 aromatic heterocycles. The van der Waals surface area contributed by atoms with E-state index in [0.29, 0.717) is 12.4 Å².